The van der Waals surface area contributed by atoms with Gasteiger partial charge in [0.25, 0.3) is 11.7 Å². The second-order valence-corrected chi connectivity index (χ2v) is 5.39. The molecule has 0 saturated carbocycles. The first-order valence-electron chi connectivity index (χ1n) is 7.92. The number of carbonyl (C=O) groups is 1. The quantitative estimate of drug-likeness (QED) is 0.550. The fourth-order valence-corrected chi connectivity index (χ4v) is 2.30. The maximum atomic E-state index is 12.4. The van der Waals surface area contributed by atoms with Crippen LogP contribution < -0.4 is 14.8 Å². The van der Waals surface area contributed by atoms with Crippen molar-refractivity contribution in [1.29, 1.82) is 0 Å². The van der Waals surface area contributed by atoms with Gasteiger partial charge in [-0.1, -0.05) is 13.0 Å². The van der Waals surface area contributed by atoms with Crippen molar-refractivity contribution in [2.24, 2.45) is 0 Å². The Kier molecular flexibility index (Phi) is 6.26. The van der Waals surface area contributed by atoms with Gasteiger partial charge in [-0.25, -0.2) is 0 Å². The number of nitro groups is 2. The summed E-state index contributed by atoms with van der Waals surface area (Å²) in [5, 5.41) is 24.8. The average molecular weight is 375 g/mol. The Bertz CT molecular complexity index is 848. The lowest BCUT2D eigenvalue weighted by molar-refractivity contribution is -0.395. The second-order valence-electron chi connectivity index (χ2n) is 5.39. The number of carbonyl (C=O) groups excluding carboxylic acids is 1. The molecule has 0 saturated heterocycles. The lowest BCUT2D eigenvalue weighted by Gasteiger charge is -2.09. The van der Waals surface area contributed by atoms with E-state index in [1.54, 1.807) is 12.1 Å². The number of nitrogens with zero attached hydrogens (tertiary/aromatic N) is 2. The molecule has 0 aliphatic carbocycles. The second kappa shape index (κ2) is 8.61. The molecule has 1 N–H and O–H groups in total. The number of benzene rings is 2. The predicted molar refractivity (Wildman–Crippen MR) is 96.5 cm³/mol. The van der Waals surface area contributed by atoms with Crippen LogP contribution >= 0.6 is 0 Å². The number of ether oxygens (including phenoxy) is 2. The van der Waals surface area contributed by atoms with E-state index in [0.29, 0.717) is 12.4 Å². The first-order valence-corrected chi connectivity index (χ1v) is 7.92. The van der Waals surface area contributed by atoms with Crippen LogP contribution in [-0.2, 0) is 0 Å². The minimum atomic E-state index is -0.819. The van der Waals surface area contributed by atoms with Crippen molar-refractivity contribution in [2.75, 3.05) is 19.0 Å². The van der Waals surface area contributed by atoms with Crippen molar-refractivity contribution in [1.82, 2.24) is 0 Å². The lowest BCUT2D eigenvalue weighted by atomic mass is 10.1. The molecule has 10 heteroatoms. The average Bonchev–Trinajstić information content (AvgIpc) is 2.65. The number of anilines is 1. The first-order chi connectivity index (χ1) is 12.9. The van der Waals surface area contributed by atoms with Crippen LogP contribution in [0.3, 0.4) is 0 Å². The van der Waals surface area contributed by atoms with Crippen molar-refractivity contribution in [2.45, 2.75) is 13.3 Å². The summed E-state index contributed by atoms with van der Waals surface area (Å²) >= 11 is 0. The molecule has 0 aromatic heterocycles. The number of nitrogens with one attached hydrogen (secondary N) is 1. The van der Waals surface area contributed by atoms with Crippen LogP contribution in [-0.4, -0.2) is 29.5 Å². The summed E-state index contributed by atoms with van der Waals surface area (Å²) in [6.45, 7) is 2.43. The molecule has 10 nitrogen and oxygen atoms in total. The number of hydrogen-bond acceptors (Lipinski definition) is 7. The Labute approximate surface area is 154 Å². The van der Waals surface area contributed by atoms with Gasteiger partial charge in [-0.15, -0.1) is 0 Å². The van der Waals surface area contributed by atoms with Gasteiger partial charge in [-0.05, 0) is 24.6 Å². The van der Waals surface area contributed by atoms with Crippen LogP contribution in [0.2, 0.25) is 0 Å². The highest BCUT2D eigenvalue weighted by Gasteiger charge is 2.28. The molecule has 0 radical (unpaired) electrons. The molecule has 2 aromatic carbocycles. The standard InChI is InChI=1S/C17H17N3O7/c1-3-7-27-13-6-4-5-11(8-13)17(21)18-12-9-14(19(22)23)16(26-2)15(10-12)20(24)25/h4-6,8-10H,3,7H2,1-2H3,(H,18,21). The minimum Gasteiger partial charge on any atom is -0.494 e. The molecule has 142 valence electrons. The number of rotatable bonds is 8. The van der Waals surface area contributed by atoms with Gasteiger partial charge in [-0.3, -0.25) is 25.0 Å². The van der Waals surface area contributed by atoms with Crippen LogP contribution in [0.1, 0.15) is 23.7 Å². The van der Waals surface area contributed by atoms with Gasteiger partial charge < -0.3 is 14.8 Å². The van der Waals surface area contributed by atoms with E-state index in [1.165, 1.54) is 12.1 Å². The van der Waals surface area contributed by atoms with Gasteiger partial charge in [0.2, 0.25) is 0 Å². The molecule has 0 heterocycles. The molecule has 0 atom stereocenters. The van der Waals surface area contributed by atoms with Crippen molar-refractivity contribution < 1.29 is 24.1 Å². The zero-order valence-corrected chi connectivity index (χ0v) is 14.6. The highest BCUT2D eigenvalue weighted by atomic mass is 16.6. The van der Waals surface area contributed by atoms with Gasteiger partial charge in [0.05, 0.1) is 29.3 Å². The van der Waals surface area contributed by atoms with E-state index < -0.39 is 32.9 Å². The Hall–Kier alpha value is -3.69. The third-order valence-electron chi connectivity index (χ3n) is 3.47. The highest BCUT2D eigenvalue weighted by molar-refractivity contribution is 6.05. The van der Waals surface area contributed by atoms with Gasteiger partial charge in [-0.2, -0.15) is 0 Å². The summed E-state index contributed by atoms with van der Waals surface area (Å²) in [6.07, 6.45) is 0.801. The highest BCUT2D eigenvalue weighted by Crippen LogP contribution is 2.39. The maximum Gasteiger partial charge on any atom is 0.320 e. The Morgan fingerprint density at radius 2 is 1.74 bits per heavy atom. The number of amides is 1. The fourth-order valence-electron chi connectivity index (χ4n) is 2.30. The summed E-state index contributed by atoms with van der Waals surface area (Å²) in [4.78, 5) is 33.1. The molecule has 0 spiro atoms. The summed E-state index contributed by atoms with van der Waals surface area (Å²) in [7, 11) is 1.09. The van der Waals surface area contributed by atoms with E-state index >= 15 is 0 Å². The van der Waals surface area contributed by atoms with Crippen LogP contribution in [0.25, 0.3) is 0 Å². The van der Waals surface area contributed by atoms with E-state index in [4.69, 9.17) is 9.47 Å². The maximum absolute atomic E-state index is 12.4. The SMILES string of the molecule is CCCOc1cccc(C(=O)Nc2cc([N+](=O)[O-])c(OC)c([N+](=O)[O-])c2)c1. The molecule has 0 aliphatic heterocycles. The number of methoxy groups -OCH3 is 1. The summed E-state index contributed by atoms with van der Waals surface area (Å²) in [5.41, 5.74) is -1.10. The van der Waals surface area contributed by atoms with Crippen LogP contribution in [0.4, 0.5) is 17.1 Å². The van der Waals surface area contributed by atoms with Gasteiger partial charge in [0.15, 0.2) is 0 Å². The lowest BCUT2D eigenvalue weighted by Crippen LogP contribution is -2.13. The van der Waals surface area contributed by atoms with Crippen molar-refractivity contribution in [3.8, 4) is 11.5 Å². The van der Waals surface area contributed by atoms with Crippen LogP contribution in [0.5, 0.6) is 11.5 Å². The third kappa shape index (κ3) is 4.69. The van der Waals surface area contributed by atoms with Gasteiger partial charge >= 0.3 is 11.4 Å². The molecule has 0 bridgehead atoms. The van der Waals surface area contributed by atoms with Crippen LogP contribution in [0, 0.1) is 20.2 Å². The van der Waals surface area contributed by atoms with E-state index in [0.717, 1.165) is 25.7 Å². The Balaban J connectivity index is 2.35. The predicted octanol–water partition coefficient (Wildman–Crippen LogP) is 3.55. The zero-order chi connectivity index (χ0) is 20.0. The molecular weight excluding hydrogens is 358 g/mol. The zero-order valence-electron chi connectivity index (χ0n) is 14.6. The van der Waals surface area contributed by atoms with Crippen LogP contribution in [0.15, 0.2) is 36.4 Å². The summed E-state index contributed by atoms with van der Waals surface area (Å²) in [6, 6.07) is 8.36. The summed E-state index contributed by atoms with van der Waals surface area (Å²) < 4.78 is 10.2. The molecule has 1 amide bonds. The molecule has 27 heavy (non-hydrogen) atoms. The van der Waals surface area contributed by atoms with Gasteiger partial charge in [0.1, 0.15) is 5.75 Å². The summed E-state index contributed by atoms with van der Waals surface area (Å²) in [5.74, 6) is -0.583. The van der Waals surface area contributed by atoms with E-state index in [2.05, 4.69) is 5.32 Å². The first kappa shape index (κ1) is 19.6. The molecule has 0 fully saturated rings. The van der Waals surface area contributed by atoms with E-state index in [1.807, 2.05) is 6.92 Å². The monoisotopic (exact) mass is 375 g/mol. The smallest absolute Gasteiger partial charge is 0.320 e. The fraction of sp³-hybridized carbons (Fsp3) is 0.235. The molecule has 2 aromatic rings. The largest absolute Gasteiger partial charge is 0.494 e. The normalized spacial score (nSPS) is 10.1. The molecular formula is C17H17N3O7. The van der Waals surface area contributed by atoms with E-state index in [-0.39, 0.29) is 11.3 Å². The number of hydrogen-bond donors (Lipinski definition) is 1. The minimum absolute atomic E-state index is 0.0981. The van der Waals surface area contributed by atoms with Crippen molar-refractivity contribution in [3.63, 3.8) is 0 Å². The Morgan fingerprint density at radius 3 is 2.26 bits per heavy atom. The van der Waals surface area contributed by atoms with Crippen molar-refractivity contribution >= 4 is 23.0 Å². The molecule has 0 unspecified atom stereocenters. The molecule has 2 rings (SSSR count). The van der Waals surface area contributed by atoms with Gasteiger partial charge in [0, 0.05) is 17.7 Å². The van der Waals surface area contributed by atoms with Crippen molar-refractivity contribution in [3.05, 3.63) is 62.2 Å². The number of nitro benzene ring substituents is 2. The Morgan fingerprint density at radius 1 is 1.11 bits per heavy atom. The topological polar surface area (TPSA) is 134 Å². The van der Waals surface area contributed by atoms with E-state index in [9.17, 15) is 25.0 Å². The molecule has 0 aliphatic rings. The third-order valence-corrected chi connectivity index (χ3v) is 3.47.